The number of rotatable bonds is 15. The summed E-state index contributed by atoms with van der Waals surface area (Å²) in [5.41, 5.74) is 0.653. The second-order valence-corrected chi connectivity index (χ2v) is 12.0. The second kappa shape index (κ2) is 17.0. The van der Waals surface area contributed by atoms with Crippen LogP contribution in [-0.2, 0) is 14.8 Å². The standard InChI is InChI=1S/C27H45N3O3S2/c1-2-3-4-5-6-7-8-9-10-11-14-17-26(31)29-27(34)28-24-18-20-25(21-19-24)35(32,33)30-22-15-12-13-16-23-30/h18-21H,2-17,22-23H2,1H3,(H2,28,29,31,34). The SMILES string of the molecule is CCCCCCCCCCCCCC(=O)NC(=S)Nc1ccc(S(=O)(=O)N2CCCCCC2)cc1. The highest BCUT2D eigenvalue weighted by molar-refractivity contribution is 7.89. The number of carbonyl (C=O) groups excluding carboxylic acids is 1. The van der Waals surface area contributed by atoms with Crippen LogP contribution >= 0.6 is 12.2 Å². The molecule has 1 aromatic carbocycles. The summed E-state index contributed by atoms with van der Waals surface area (Å²) in [7, 11) is -3.47. The molecule has 8 heteroatoms. The fraction of sp³-hybridized carbons (Fsp3) is 0.704. The van der Waals surface area contributed by atoms with Gasteiger partial charge in [0.2, 0.25) is 15.9 Å². The fourth-order valence-electron chi connectivity index (χ4n) is 4.44. The smallest absolute Gasteiger partial charge is 0.243 e. The number of hydrogen-bond acceptors (Lipinski definition) is 4. The summed E-state index contributed by atoms with van der Waals surface area (Å²) >= 11 is 5.25. The van der Waals surface area contributed by atoms with Crippen LogP contribution in [0.25, 0.3) is 0 Å². The minimum absolute atomic E-state index is 0.0845. The van der Waals surface area contributed by atoms with Gasteiger partial charge in [0.25, 0.3) is 0 Å². The molecule has 198 valence electrons. The first-order chi connectivity index (χ1) is 16.9. The maximum atomic E-state index is 12.9. The minimum atomic E-state index is -3.47. The topological polar surface area (TPSA) is 78.5 Å². The quantitative estimate of drug-likeness (QED) is 0.196. The normalized spacial score (nSPS) is 14.9. The van der Waals surface area contributed by atoms with E-state index in [1.54, 1.807) is 28.6 Å². The molecule has 0 spiro atoms. The first-order valence-electron chi connectivity index (χ1n) is 13.6. The van der Waals surface area contributed by atoms with Gasteiger partial charge in [0.1, 0.15) is 0 Å². The van der Waals surface area contributed by atoms with Gasteiger partial charge < -0.3 is 10.6 Å². The Kier molecular flexibility index (Phi) is 14.5. The van der Waals surface area contributed by atoms with Gasteiger partial charge in [-0.2, -0.15) is 4.31 Å². The van der Waals surface area contributed by atoms with Crippen molar-refractivity contribution in [2.24, 2.45) is 0 Å². The van der Waals surface area contributed by atoms with Crippen molar-refractivity contribution in [3.8, 4) is 0 Å². The molecule has 0 aromatic heterocycles. The number of nitrogens with zero attached hydrogens (tertiary/aromatic N) is 1. The molecule has 35 heavy (non-hydrogen) atoms. The molecular formula is C27H45N3O3S2. The number of carbonyl (C=O) groups is 1. The highest BCUT2D eigenvalue weighted by atomic mass is 32.2. The average molecular weight is 524 g/mol. The lowest BCUT2D eigenvalue weighted by Gasteiger charge is -2.20. The number of hydrogen-bond donors (Lipinski definition) is 2. The third-order valence-electron chi connectivity index (χ3n) is 6.58. The lowest BCUT2D eigenvalue weighted by Crippen LogP contribution is -2.34. The van der Waals surface area contributed by atoms with Gasteiger partial charge >= 0.3 is 0 Å². The van der Waals surface area contributed by atoms with E-state index in [4.69, 9.17) is 12.2 Å². The molecule has 0 aliphatic carbocycles. The van der Waals surface area contributed by atoms with E-state index < -0.39 is 10.0 Å². The highest BCUT2D eigenvalue weighted by Crippen LogP contribution is 2.22. The van der Waals surface area contributed by atoms with Gasteiger partial charge in [0, 0.05) is 25.2 Å². The highest BCUT2D eigenvalue weighted by Gasteiger charge is 2.24. The van der Waals surface area contributed by atoms with Crippen LogP contribution < -0.4 is 10.6 Å². The molecule has 2 rings (SSSR count). The molecule has 2 N–H and O–H groups in total. The number of sulfonamides is 1. The Hall–Kier alpha value is -1.51. The Labute approximate surface area is 218 Å². The van der Waals surface area contributed by atoms with E-state index in [-0.39, 0.29) is 15.9 Å². The molecule has 0 bridgehead atoms. The van der Waals surface area contributed by atoms with Crippen molar-refractivity contribution < 1.29 is 13.2 Å². The van der Waals surface area contributed by atoms with E-state index in [2.05, 4.69) is 17.6 Å². The second-order valence-electron chi connectivity index (χ2n) is 9.63. The van der Waals surface area contributed by atoms with Crippen molar-refractivity contribution in [3.63, 3.8) is 0 Å². The summed E-state index contributed by atoms with van der Waals surface area (Å²) in [5, 5.41) is 5.93. The lowest BCUT2D eigenvalue weighted by molar-refractivity contribution is -0.119. The van der Waals surface area contributed by atoms with E-state index in [0.717, 1.165) is 38.5 Å². The Balaban J connectivity index is 1.61. The van der Waals surface area contributed by atoms with E-state index in [9.17, 15) is 13.2 Å². The maximum absolute atomic E-state index is 12.9. The molecule has 0 unspecified atom stereocenters. The molecule has 1 aliphatic rings. The predicted octanol–water partition coefficient (Wildman–Crippen LogP) is 6.77. The van der Waals surface area contributed by atoms with Gasteiger partial charge in [-0.25, -0.2) is 8.42 Å². The van der Waals surface area contributed by atoms with E-state index in [0.29, 0.717) is 25.2 Å². The van der Waals surface area contributed by atoms with Crippen LogP contribution in [0.15, 0.2) is 29.2 Å². The predicted molar refractivity (Wildman–Crippen MR) is 149 cm³/mol. The van der Waals surface area contributed by atoms with Gasteiger partial charge in [-0.3, -0.25) is 4.79 Å². The lowest BCUT2D eigenvalue weighted by atomic mass is 10.1. The van der Waals surface area contributed by atoms with Gasteiger partial charge in [-0.15, -0.1) is 0 Å². The molecule has 0 saturated carbocycles. The molecule has 1 aliphatic heterocycles. The van der Waals surface area contributed by atoms with Crippen molar-refractivity contribution in [1.82, 2.24) is 9.62 Å². The summed E-state index contributed by atoms with van der Waals surface area (Å²) in [6, 6.07) is 6.57. The first-order valence-corrected chi connectivity index (χ1v) is 15.5. The van der Waals surface area contributed by atoms with Gasteiger partial charge in [0.15, 0.2) is 5.11 Å². The zero-order chi connectivity index (χ0) is 25.4. The van der Waals surface area contributed by atoms with Crippen LogP contribution in [0.2, 0.25) is 0 Å². The monoisotopic (exact) mass is 523 g/mol. The summed E-state index contributed by atoms with van der Waals surface area (Å²) in [5.74, 6) is -0.0845. The Bertz CT molecular complexity index is 849. The van der Waals surface area contributed by atoms with Crippen molar-refractivity contribution >= 4 is 38.9 Å². The third-order valence-corrected chi connectivity index (χ3v) is 8.69. The molecular weight excluding hydrogens is 478 g/mol. The number of anilines is 1. The van der Waals surface area contributed by atoms with Crippen LogP contribution in [0.5, 0.6) is 0 Å². The number of thiocarbonyl (C=S) groups is 1. The molecule has 1 heterocycles. The van der Waals surface area contributed by atoms with Crippen molar-refractivity contribution in [2.45, 2.75) is 115 Å². The maximum Gasteiger partial charge on any atom is 0.243 e. The minimum Gasteiger partial charge on any atom is -0.332 e. The van der Waals surface area contributed by atoms with Gasteiger partial charge in [-0.1, -0.05) is 84.0 Å². The molecule has 1 fully saturated rings. The summed E-state index contributed by atoms with van der Waals surface area (Å²) < 4.78 is 27.4. The van der Waals surface area contributed by atoms with E-state index in [1.807, 2.05) is 0 Å². The molecule has 6 nitrogen and oxygen atoms in total. The number of benzene rings is 1. The third kappa shape index (κ3) is 11.8. The largest absolute Gasteiger partial charge is 0.332 e. The molecule has 1 aromatic rings. The molecule has 1 amide bonds. The Morgan fingerprint density at radius 1 is 0.829 bits per heavy atom. The Morgan fingerprint density at radius 2 is 1.34 bits per heavy atom. The van der Waals surface area contributed by atoms with Crippen LogP contribution in [0.3, 0.4) is 0 Å². The Morgan fingerprint density at radius 3 is 1.89 bits per heavy atom. The van der Waals surface area contributed by atoms with Gasteiger partial charge in [-0.05, 0) is 55.7 Å². The van der Waals surface area contributed by atoms with E-state index in [1.165, 1.54) is 57.8 Å². The van der Waals surface area contributed by atoms with Crippen molar-refractivity contribution in [1.29, 1.82) is 0 Å². The van der Waals surface area contributed by atoms with E-state index >= 15 is 0 Å². The zero-order valence-electron chi connectivity index (χ0n) is 21.5. The van der Waals surface area contributed by atoms with Crippen molar-refractivity contribution in [3.05, 3.63) is 24.3 Å². The average Bonchev–Trinajstić information content (AvgIpc) is 3.13. The summed E-state index contributed by atoms with van der Waals surface area (Å²) in [6.45, 7) is 3.41. The molecule has 0 atom stereocenters. The number of nitrogens with one attached hydrogen (secondary N) is 2. The molecule has 0 radical (unpaired) electrons. The summed E-state index contributed by atoms with van der Waals surface area (Å²) in [4.78, 5) is 12.5. The number of unbranched alkanes of at least 4 members (excludes halogenated alkanes) is 10. The first kappa shape index (κ1) is 29.7. The van der Waals surface area contributed by atoms with Crippen LogP contribution in [-0.4, -0.2) is 36.8 Å². The fourth-order valence-corrected chi connectivity index (χ4v) is 6.19. The summed E-state index contributed by atoms with van der Waals surface area (Å²) in [6.07, 6.45) is 18.2. The zero-order valence-corrected chi connectivity index (χ0v) is 23.2. The van der Waals surface area contributed by atoms with Crippen LogP contribution in [0, 0.1) is 0 Å². The van der Waals surface area contributed by atoms with Crippen molar-refractivity contribution in [2.75, 3.05) is 18.4 Å². The van der Waals surface area contributed by atoms with Gasteiger partial charge in [0.05, 0.1) is 4.90 Å². The van der Waals surface area contributed by atoms with Crippen LogP contribution in [0.1, 0.15) is 110 Å². The molecule has 1 saturated heterocycles. The van der Waals surface area contributed by atoms with Crippen LogP contribution in [0.4, 0.5) is 5.69 Å². The number of amides is 1.